The zero-order valence-corrected chi connectivity index (χ0v) is 12.1. The van der Waals surface area contributed by atoms with Crippen LogP contribution in [0.15, 0.2) is 12.1 Å². The first kappa shape index (κ1) is 14.6. The van der Waals surface area contributed by atoms with Gasteiger partial charge in [-0.3, -0.25) is 9.59 Å². The summed E-state index contributed by atoms with van der Waals surface area (Å²) in [5.74, 6) is -0.496. The molecule has 5 heteroatoms. The van der Waals surface area contributed by atoms with E-state index < -0.39 is 5.97 Å². The molecule has 1 amide bonds. The van der Waals surface area contributed by atoms with E-state index in [0.29, 0.717) is 12.2 Å². The van der Waals surface area contributed by atoms with Crippen LogP contribution >= 0.6 is 0 Å². The van der Waals surface area contributed by atoms with Crippen molar-refractivity contribution in [3.8, 4) is 0 Å². The van der Waals surface area contributed by atoms with Crippen molar-refractivity contribution < 1.29 is 14.7 Å². The van der Waals surface area contributed by atoms with Crippen LogP contribution in [0.3, 0.4) is 0 Å². The van der Waals surface area contributed by atoms with Gasteiger partial charge in [0.1, 0.15) is 5.69 Å². The van der Waals surface area contributed by atoms with E-state index in [1.54, 1.807) is 0 Å². The number of aryl methyl sites for hydroxylation is 1. The highest BCUT2D eigenvalue weighted by Crippen LogP contribution is 2.22. The minimum Gasteiger partial charge on any atom is -0.481 e. The lowest BCUT2D eigenvalue weighted by atomic mass is 9.97. The quantitative estimate of drug-likeness (QED) is 0.920. The van der Waals surface area contributed by atoms with Gasteiger partial charge < -0.3 is 14.6 Å². The van der Waals surface area contributed by atoms with Crippen LogP contribution in [0.1, 0.15) is 41.9 Å². The van der Waals surface area contributed by atoms with E-state index in [1.807, 2.05) is 35.6 Å². The van der Waals surface area contributed by atoms with Gasteiger partial charge in [-0.1, -0.05) is 0 Å². The van der Waals surface area contributed by atoms with Crippen LogP contribution in [-0.4, -0.2) is 39.5 Å². The summed E-state index contributed by atoms with van der Waals surface area (Å²) in [4.78, 5) is 25.1. The molecule has 2 heterocycles. The first-order chi connectivity index (χ1) is 9.49. The van der Waals surface area contributed by atoms with Gasteiger partial charge in [0.25, 0.3) is 5.91 Å². The number of carbonyl (C=O) groups excluding carboxylic acids is 1. The third-order valence-electron chi connectivity index (χ3n) is 4.19. The van der Waals surface area contributed by atoms with Gasteiger partial charge in [0.15, 0.2) is 0 Å². The van der Waals surface area contributed by atoms with Gasteiger partial charge >= 0.3 is 5.97 Å². The second-order valence-electron chi connectivity index (χ2n) is 5.61. The van der Waals surface area contributed by atoms with Crippen molar-refractivity contribution in [3.63, 3.8) is 0 Å². The van der Waals surface area contributed by atoms with Crippen LogP contribution in [-0.2, 0) is 11.8 Å². The fourth-order valence-electron chi connectivity index (χ4n) is 2.81. The lowest BCUT2D eigenvalue weighted by Crippen LogP contribution is -2.33. The van der Waals surface area contributed by atoms with Gasteiger partial charge in [-0.05, 0) is 44.2 Å². The summed E-state index contributed by atoms with van der Waals surface area (Å²) in [6.07, 6.45) is 2.77. The molecule has 1 saturated heterocycles. The van der Waals surface area contributed by atoms with Crippen LogP contribution in [0.5, 0.6) is 0 Å². The van der Waals surface area contributed by atoms with Crippen LogP contribution in [0, 0.1) is 12.8 Å². The first-order valence-corrected chi connectivity index (χ1v) is 7.12. The summed E-state index contributed by atoms with van der Waals surface area (Å²) in [6, 6.07) is 3.80. The number of carboxylic acids is 1. The molecule has 2 rings (SSSR count). The molecule has 1 aliphatic heterocycles. The molecular weight excluding hydrogens is 256 g/mol. The summed E-state index contributed by atoms with van der Waals surface area (Å²) < 4.78 is 1.90. The molecule has 1 N–H and O–H groups in total. The number of carboxylic acid groups (broad SMARTS) is 1. The maximum Gasteiger partial charge on any atom is 0.303 e. The Bertz CT molecular complexity index is 507. The van der Waals surface area contributed by atoms with E-state index in [9.17, 15) is 9.59 Å². The molecule has 1 unspecified atom stereocenters. The number of nitrogens with zero attached hydrogens (tertiary/aromatic N) is 2. The predicted octanol–water partition coefficient (Wildman–Crippen LogP) is 2.05. The van der Waals surface area contributed by atoms with Gasteiger partial charge in [-0.15, -0.1) is 0 Å². The molecular formula is C15H22N2O3. The molecule has 0 spiro atoms. The number of likely N-dealkylation sites (tertiary alicyclic amines) is 1. The minimum atomic E-state index is -0.743. The van der Waals surface area contributed by atoms with Crippen molar-refractivity contribution in [3.05, 3.63) is 23.5 Å². The highest BCUT2D eigenvalue weighted by molar-refractivity contribution is 5.93. The molecule has 1 aliphatic rings. The Balaban J connectivity index is 2.01. The summed E-state index contributed by atoms with van der Waals surface area (Å²) in [7, 11) is 1.90. The fraction of sp³-hybridized carbons (Fsp3) is 0.600. The van der Waals surface area contributed by atoms with Crippen LogP contribution in [0.2, 0.25) is 0 Å². The Morgan fingerprint density at radius 1 is 1.30 bits per heavy atom. The summed E-state index contributed by atoms with van der Waals surface area (Å²) in [5, 5.41) is 8.87. The highest BCUT2D eigenvalue weighted by Gasteiger charge is 2.24. The van der Waals surface area contributed by atoms with Crippen LogP contribution < -0.4 is 0 Å². The molecule has 5 nitrogen and oxygen atoms in total. The second-order valence-corrected chi connectivity index (χ2v) is 5.61. The van der Waals surface area contributed by atoms with E-state index in [4.69, 9.17) is 5.11 Å². The maximum atomic E-state index is 12.5. The van der Waals surface area contributed by atoms with Crippen LogP contribution in [0.4, 0.5) is 0 Å². The zero-order valence-electron chi connectivity index (χ0n) is 12.1. The molecule has 1 aromatic rings. The van der Waals surface area contributed by atoms with Crippen molar-refractivity contribution in [1.29, 1.82) is 0 Å². The van der Waals surface area contributed by atoms with E-state index >= 15 is 0 Å². The molecule has 0 radical (unpaired) electrons. The summed E-state index contributed by atoms with van der Waals surface area (Å²) in [5.41, 5.74) is 1.77. The zero-order chi connectivity index (χ0) is 14.7. The third kappa shape index (κ3) is 3.21. The average Bonchev–Trinajstić information content (AvgIpc) is 2.61. The number of hydrogen-bond donors (Lipinski definition) is 1. The van der Waals surface area contributed by atoms with Crippen molar-refractivity contribution in [2.45, 2.75) is 32.6 Å². The maximum absolute atomic E-state index is 12.5. The lowest BCUT2D eigenvalue weighted by molar-refractivity contribution is -0.138. The van der Waals surface area contributed by atoms with Crippen molar-refractivity contribution in [1.82, 2.24) is 9.47 Å². The molecule has 0 saturated carbocycles. The SMILES string of the molecule is Cc1ccc(C(=O)N2CCCC(CC(=O)O)CC2)n1C. The third-order valence-corrected chi connectivity index (χ3v) is 4.19. The Morgan fingerprint density at radius 3 is 2.65 bits per heavy atom. The van der Waals surface area contributed by atoms with E-state index in [2.05, 4.69) is 0 Å². The molecule has 0 bridgehead atoms. The topological polar surface area (TPSA) is 62.5 Å². The van der Waals surface area contributed by atoms with E-state index in [0.717, 1.165) is 31.5 Å². The smallest absolute Gasteiger partial charge is 0.303 e. The van der Waals surface area contributed by atoms with Crippen molar-refractivity contribution >= 4 is 11.9 Å². The van der Waals surface area contributed by atoms with Gasteiger partial charge in [0, 0.05) is 32.3 Å². The average molecular weight is 278 g/mol. The van der Waals surface area contributed by atoms with Crippen molar-refractivity contribution in [2.24, 2.45) is 13.0 Å². The predicted molar refractivity (Wildman–Crippen MR) is 75.6 cm³/mol. The highest BCUT2D eigenvalue weighted by atomic mass is 16.4. The molecule has 1 aromatic heterocycles. The molecule has 110 valence electrons. The molecule has 1 fully saturated rings. The molecule has 0 aliphatic carbocycles. The fourth-order valence-corrected chi connectivity index (χ4v) is 2.81. The molecule has 20 heavy (non-hydrogen) atoms. The standard InChI is InChI=1S/C15H22N2O3/c1-11-5-6-13(16(11)2)15(20)17-8-3-4-12(7-9-17)10-14(18)19/h5-6,12H,3-4,7-10H2,1-2H3,(H,18,19). The molecule has 0 aromatic carbocycles. The Kier molecular flexibility index (Phi) is 4.47. The Hall–Kier alpha value is -1.78. The Labute approximate surface area is 119 Å². The Morgan fingerprint density at radius 2 is 2.05 bits per heavy atom. The number of carbonyl (C=O) groups is 2. The van der Waals surface area contributed by atoms with Gasteiger partial charge in [0.05, 0.1) is 0 Å². The summed E-state index contributed by atoms with van der Waals surface area (Å²) >= 11 is 0. The van der Waals surface area contributed by atoms with Crippen molar-refractivity contribution in [2.75, 3.05) is 13.1 Å². The van der Waals surface area contributed by atoms with Crippen LogP contribution in [0.25, 0.3) is 0 Å². The normalized spacial score (nSPS) is 19.7. The number of hydrogen-bond acceptors (Lipinski definition) is 2. The van der Waals surface area contributed by atoms with E-state index in [1.165, 1.54) is 0 Å². The van der Waals surface area contributed by atoms with Gasteiger partial charge in [-0.2, -0.15) is 0 Å². The second kappa shape index (κ2) is 6.11. The number of aromatic nitrogens is 1. The van der Waals surface area contributed by atoms with Gasteiger partial charge in [-0.25, -0.2) is 0 Å². The lowest BCUT2D eigenvalue weighted by Gasteiger charge is -2.21. The number of amides is 1. The largest absolute Gasteiger partial charge is 0.481 e. The molecule has 1 atom stereocenters. The van der Waals surface area contributed by atoms with E-state index in [-0.39, 0.29) is 18.2 Å². The number of rotatable bonds is 3. The monoisotopic (exact) mass is 278 g/mol. The number of aliphatic carboxylic acids is 1. The first-order valence-electron chi connectivity index (χ1n) is 7.12. The van der Waals surface area contributed by atoms with Gasteiger partial charge in [0.2, 0.25) is 0 Å². The summed E-state index contributed by atoms with van der Waals surface area (Å²) in [6.45, 7) is 3.35. The minimum absolute atomic E-state index is 0.0524.